The van der Waals surface area contributed by atoms with E-state index in [1.807, 2.05) is 24.0 Å². The molecule has 1 aromatic carbocycles. The van der Waals surface area contributed by atoms with Crippen molar-refractivity contribution in [2.45, 2.75) is 45.4 Å². The first-order valence-electron chi connectivity index (χ1n) is 8.90. The summed E-state index contributed by atoms with van der Waals surface area (Å²) in [7, 11) is 0. The SMILES string of the molecule is Cc1cc(Cl)ccc1OCCCC(=O)N1CCCC(CCC(N)=O)C1. The van der Waals surface area contributed by atoms with E-state index in [-0.39, 0.29) is 11.8 Å². The van der Waals surface area contributed by atoms with Crippen molar-refractivity contribution in [2.24, 2.45) is 11.7 Å². The van der Waals surface area contributed by atoms with Crippen LogP contribution in [0.5, 0.6) is 5.75 Å². The lowest BCUT2D eigenvalue weighted by molar-refractivity contribution is -0.133. The van der Waals surface area contributed by atoms with Crippen LogP contribution in [0.15, 0.2) is 18.2 Å². The second-order valence-corrected chi connectivity index (χ2v) is 7.15. The Morgan fingerprint density at radius 2 is 2.16 bits per heavy atom. The fraction of sp³-hybridized carbons (Fsp3) is 0.579. The summed E-state index contributed by atoms with van der Waals surface area (Å²) in [6.45, 7) is 4.01. The van der Waals surface area contributed by atoms with Crippen molar-refractivity contribution < 1.29 is 14.3 Å². The molecule has 6 heteroatoms. The van der Waals surface area contributed by atoms with E-state index >= 15 is 0 Å². The number of halogens is 1. The molecule has 2 rings (SSSR count). The summed E-state index contributed by atoms with van der Waals surface area (Å²) in [5.41, 5.74) is 6.20. The van der Waals surface area contributed by atoms with E-state index in [9.17, 15) is 9.59 Å². The van der Waals surface area contributed by atoms with Gasteiger partial charge in [0.25, 0.3) is 0 Å². The normalized spacial score (nSPS) is 17.4. The van der Waals surface area contributed by atoms with Gasteiger partial charge < -0.3 is 15.4 Å². The zero-order chi connectivity index (χ0) is 18.2. The van der Waals surface area contributed by atoms with Crippen molar-refractivity contribution in [3.05, 3.63) is 28.8 Å². The highest BCUT2D eigenvalue weighted by atomic mass is 35.5. The minimum absolute atomic E-state index is 0.167. The number of likely N-dealkylation sites (tertiary alicyclic amines) is 1. The van der Waals surface area contributed by atoms with Crippen LogP contribution < -0.4 is 10.5 Å². The lowest BCUT2D eigenvalue weighted by Gasteiger charge is -2.32. The molecule has 0 aromatic heterocycles. The van der Waals surface area contributed by atoms with Crippen LogP contribution in [-0.4, -0.2) is 36.4 Å². The summed E-state index contributed by atoms with van der Waals surface area (Å²) >= 11 is 5.93. The number of piperidine rings is 1. The van der Waals surface area contributed by atoms with Crippen LogP contribution in [0, 0.1) is 12.8 Å². The zero-order valence-corrected chi connectivity index (χ0v) is 15.6. The molecule has 1 aromatic rings. The van der Waals surface area contributed by atoms with Gasteiger partial charge in [0.2, 0.25) is 11.8 Å². The third-order valence-corrected chi connectivity index (χ3v) is 4.84. The second kappa shape index (κ2) is 9.66. The number of primary amides is 1. The molecule has 138 valence electrons. The fourth-order valence-electron chi connectivity index (χ4n) is 3.21. The molecule has 0 bridgehead atoms. The number of amides is 2. The maximum atomic E-state index is 12.4. The van der Waals surface area contributed by atoms with E-state index in [4.69, 9.17) is 22.1 Å². The maximum Gasteiger partial charge on any atom is 0.222 e. The highest BCUT2D eigenvalue weighted by molar-refractivity contribution is 6.30. The summed E-state index contributed by atoms with van der Waals surface area (Å²) in [5.74, 6) is 1.10. The molecule has 1 unspecified atom stereocenters. The Hall–Kier alpha value is -1.75. The van der Waals surface area contributed by atoms with Gasteiger partial charge in [-0.3, -0.25) is 9.59 Å². The van der Waals surface area contributed by atoms with Gasteiger partial charge in [0.15, 0.2) is 0 Å². The number of nitrogens with zero attached hydrogens (tertiary/aromatic N) is 1. The standard InChI is InChI=1S/C19H27ClN2O3/c1-14-12-16(20)7-8-17(14)25-11-3-5-19(24)22-10-2-4-15(13-22)6-9-18(21)23/h7-8,12,15H,2-6,9-11,13H2,1H3,(H2,21,23). The van der Waals surface area contributed by atoms with E-state index < -0.39 is 0 Å². The number of rotatable bonds is 8. The Balaban J connectivity index is 1.69. The van der Waals surface area contributed by atoms with Gasteiger partial charge in [-0.1, -0.05) is 11.6 Å². The van der Waals surface area contributed by atoms with Gasteiger partial charge in [-0.25, -0.2) is 0 Å². The molecule has 1 aliphatic rings. The monoisotopic (exact) mass is 366 g/mol. The van der Waals surface area contributed by atoms with E-state index in [0.29, 0.717) is 36.8 Å². The van der Waals surface area contributed by atoms with Crippen LogP contribution >= 0.6 is 11.6 Å². The van der Waals surface area contributed by atoms with Crippen molar-refractivity contribution >= 4 is 23.4 Å². The van der Waals surface area contributed by atoms with Gasteiger partial charge in [0.05, 0.1) is 6.61 Å². The lowest BCUT2D eigenvalue weighted by atomic mass is 9.93. The van der Waals surface area contributed by atoms with Crippen LogP contribution in [0.4, 0.5) is 0 Å². The first-order valence-corrected chi connectivity index (χ1v) is 9.28. The Kier molecular flexibility index (Phi) is 7.56. The van der Waals surface area contributed by atoms with Gasteiger partial charge in [-0.2, -0.15) is 0 Å². The molecule has 1 heterocycles. The van der Waals surface area contributed by atoms with E-state index in [2.05, 4.69) is 0 Å². The number of carbonyl (C=O) groups excluding carboxylic acids is 2. The van der Waals surface area contributed by atoms with E-state index in [1.54, 1.807) is 6.07 Å². The average molecular weight is 367 g/mol. The second-order valence-electron chi connectivity index (χ2n) is 6.71. The Morgan fingerprint density at radius 3 is 2.88 bits per heavy atom. The van der Waals surface area contributed by atoms with Gasteiger partial charge >= 0.3 is 0 Å². The van der Waals surface area contributed by atoms with Crippen molar-refractivity contribution in [1.29, 1.82) is 0 Å². The zero-order valence-electron chi connectivity index (χ0n) is 14.8. The topological polar surface area (TPSA) is 72.6 Å². The summed E-state index contributed by atoms with van der Waals surface area (Å²) < 4.78 is 5.73. The Bertz CT molecular complexity index is 606. The van der Waals surface area contributed by atoms with Crippen molar-refractivity contribution in [2.75, 3.05) is 19.7 Å². The van der Waals surface area contributed by atoms with Crippen LogP contribution in [0.25, 0.3) is 0 Å². The molecule has 0 aliphatic carbocycles. The molecule has 0 saturated carbocycles. The van der Waals surface area contributed by atoms with Crippen LogP contribution in [0.1, 0.15) is 44.1 Å². The molecular formula is C19H27ClN2O3. The minimum Gasteiger partial charge on any atom is -0.493 e. The summed E-state index contributed by atoms with van der Waals surface area (Å²) in [4.78, 5) is 25.2. The van der Waals surface area contributed by atoms with Crippen LogP contribution in [-0.2, 0) is 9.59 Å². The van der Waals surface area contributed by atoms with Crippen molar-refractivity contribution in [1.82, 2.24) is 4.90 Å². The van der Waals surface area contributed by atoms with E-state index in [1.165, 1.54) is 0 Å². The van der Waals surface area contributed by atoms with Crippen LogP contribution in [0.2, 0.25) is 5.02 Å². The number of nitrogens with two attached hydrogens (primary N) is 1. The molecule has 25 heavy (non-hydrogen) atoms. The smallest absolute Gasteiger partial charge is 0.222 e. The highest BCUT2D eigenvalue weighted by Gasteiger charge is 2.23. The third-order valence-electron chi connectivity index (χ3n) is 4.60. The van der Waals surface area contributed by atoms with Crippen LogP contribution in [0.3, 0.4) is 0 Å². The van der Waals surface area contributed by atoms with Gasteiger partial charge in [-0.15, -0.1) is 0 Å². The molecule has 0 radical (unpaired) electrons. The fourth-order valence-corrected chi connectivity index (χ4v) is 3.44. The number of carbonyl (C=O) groups is 2. The molecule has 2 amide bonds. The molecule has 2 N–H and O–H groups in total. The first-order chi connectivity index (χ1) is 12.0. The number of aryl methyl sites for hydroxylation is 1. The van der Waals surface area contributed by atoms with Gasteiger partial charge in [0.1, 0.15) is 5.75 Å². The number of hydrogen-bond acceptors (Lipinski definition) is 3. The number of ether oxygens (including phenoxy) is 1. The van der Waals surface area contributed by atoms with Crippen molar-refractivity contribution in [3.8, 4) is 5.75 Å². The number of hydrogen-bond donors (Lipinski definition) is 1. The Morgan fingerprint density at radius 1 is 1.36 bits per heavy atom. The quantitative estimate of drug-likeness (QED) is 0.717. The predicted molar refractivity (Wildman–Crippen MR) is 98.7 cm³/mol. The molecule has 1 aliphatic heterocycles. The molecular weight excluding hydrogens is 340 g/mol. The Labute approximate surface area is 154 Å². The van der Waals surface area contributed by atoms with Crippen molar-refractivity contribution in [3.63, 3.8) is 0 Å². The lowest BCUT2D eigenvalue weighted by Crippen LogP contribution is -2.40. The predicted octanol–water partition coefficient (Wildman–Crippen LogP) is 3.31. The summed E-state index contributed by atoms with van der Waals surface area (Å²) in [6, 6.07) is 5.52. The largest absolute Gasteiger partial charge is 0.493 e. The minimum atomic E-state index is -0.266. The van der Waals surface area contributed by atoms with Gasteiger partial charge in [0, 0.05) is 31.0 Å². The molecule has 1 saturated heterocycles. The third kappa shape index (κ3) is 6.58. The molecule has 0 spiro atoms. The van der Waals surface area contributed by atoms with E-state index in [0.717, 1.165) is 43.7 Å². The summed E-state index contributed by atoms with van der Waals surface area (Å²) in [5, 5.41) is 0.691. The number of benzene rings is 1. The first kappa shape index (κ1) is 19.6. The highest BCUT2D eigenvalue weighted by Crippen LogP contribution is 2.23. The molecule has 1 atom stereocenters. The van der Waals surface area contributed by atoms with Gasteiger partial charge in [-0.05, 0) is 62.3 Å². The molecule has 5 nitrogen and oxygen atoms in total. The molecule has 1 fully saturated rings. The summed E-state index contributed by atoms with van der Waals surface area (Å²) in [6.07, 6.45) is 4.41. The average Bonchev–Trinajstić information content (AvgIpc) is 2.58. The maximum absolute atomic E-state index is 12.4.